The summed E-state index contributed by atoms with van der Waals surface area (Å²) in [6.07, 6.45) is 1.27. The minimum Gasteiger partial charge on any atom is -0.481 e. The number of nitro groups is 1. The summed E-state index contributed by atoms with van der Waals surface area (Å²) in [5.41, 5.74) is 0.235. The largest absolute Gasteiger partial charge is 0.481 e. The number of rotatable bonds is 3. The molecule has 1 aromatic rings. The van der Waals surface area contributed by atoms with Gasteiger partial charge in [0.25, 0.3) is 5.69 Å². The highest BCUT2D eigenvalue weighted by Gasteiger charge is 2.30. The van der Waals surface area contributed by atoms with Gasteiger partial charge in [0.1, 0.15) is 5.69 Å². The van der Waals surface area contributed by atoms with E-state index in [0.717, 1.165) is 0 Å². The van der Waals surface area contributed by atoms with Gasteiger partial charge in [-0.15, -0.1) is 0 Å². The molecule has 0 aromatic heterocycles. The maximum atomic E-state index is 11.0. The second kappa shape index (κ2) is 5.44. The van der Waals surface area contributed by atoms with Crippen LogP contribution >= 0.6 is 11.6 Å². The quantitative estimate of drug-likeness (QED) is 0.681. The summed E-state index contributed by atoms with van der Waals surface area (Å²) in [5.74, 6) is -1.39. The fourth-order valence-corrected chi connectivity index (χ4v) is 2.64. The van der Waals surface area contributed by atoms with Crippen molar-refractivity contribution in [1.29, 1.82) is 0 Å². The van der Waals surface area contributed by atoms with Crippen molar-refractivity contribution in [3.05, 3.63) is 33.3 Å². The first-order chi connectivity index (χ1) is 9.00. The van der Waals surface area contributed by atoms with E-state index in [4.69, 9.17) is 16.7 Å². The number of para-hydroxylation sites is 1. The van der Waals surface area contributed by atoms with Gasteiger partial charge in [-0.3, -0.25) is 14.9 Å². The molecular formula is C12H13ClN2O4. The van der Waals surface area contributed by atoms with Crippen LogP contribution in [-0.4, -0.2) is 29.1 Å². The molecule has 6 nitrogen and oxygen atoms in total. The van der Waals surface area contributed by atoms with Crippen molar-refractivity contribution >= 4 is 28.9 Å². The van der Waals surface area contributed by atoms with Crippen LogP contribution < -0.4 is 4.90 Å². The van der Waals surface area contributed by atoms with Crippen molar-refractivity contribution in [3.63, 3.8) is 0 Å². The molecule has 102 valence electrons. The van der Waals surface area contributed by atoms with Crippen molar-refractivity contribution in [1.82, 2.24) is 0 Å². The zero-order valence-corrected chi connectivity index (χ0v) is 10.8. The number of piperidine rings is 1. The molecule has 0 spiro atoms. The van der Waals surface area contributed by atoms with E-state index in [1.165, 1.54) is 12.1 Å². The van der Waals surface area contributed by atoms with Crippen LogP contribution in [-0.2, 0) is 4.79 Å². The summed E-state index contributed by atoms with van der Waals surface area (Å²) in [6, 6.07) is 4.47. The molecule has 0 saturated carbocycles. The average Bonchev–Trinajstić information content (AvgIpc) is 2.38. The van der Waals surface area contributed by atoms with Crippen LogP contribution in [0.15, 0.2) is 18.2 Å². The lowest BCUT2D eigenvalue weighted by Gasteiger charge is -2.32. The standard InChI is InChI=1S/C12H13ClN2O4/c13-9-4-1-5-10(15(18)19)11(9)14-6-2-3-8(7-14)12(16)17/h1,4-5,8H,2-3,6-7H2,(H,16,17). The van der Waals surface area contributed by atoms with Crippen molar-refractivity contribution < 1.29 is 14.8 Å². The molecule has 0 radical (unpaired) electrons. The van der Waals surface area contributed by atoms with Gasteiger partial charge >= 0.3 is 5.97 Å². The fourth-order valence-electron chi connectivity index (χ4n) is 2.35. The summed E-state index contributed by atoms with van der Waals surface area (Å²) in [6.45, 7) is 0.828. The predicted octanol–water partition coefficient (Wildman–Crippen LogP) is 2.55. The molecule has 1 fully saturated rings. The lowest BCUT2D eigenvalue weighted by molar-refractivity contribution is -0.384. The minimum absolute atomic E-state index is 0.0847. The van der Waals surface area contributed by atoms with Crippen LogP contribution in [0, 0.1) is 16.0 Å². The summed E-state index contributed by atoms with van der Waals surface area (Å²) in [4.78, 5) is 23.3. The average molecular weight is 285 g/mol. The highest BCUT2D eigenvalue weighted by atomic mass is 35.5. The number of benzene rings is 1. The highest BCUT2D eigenvalue weighted by Crippen LogP contribution is 2.37. The Hall–Kier alpha value is -1.82. The molecule has 1 N–H and O–H groups in total. The second-order valence-electron chi connectivity index (χ2n) is 4.49. The van der Waals surface area contributed by atoms with Crippen LogP contribution in [0.1, 0.15) is 12.8 Å². The molecule has 1 aromatic carbocycles. The zero-order chi connectivity index (χ0) is 14.0. The van der Waals surface area contributed by atoms with E-state index in [-0.39, 0.29) is 17.3 Å². The molecule has 1 heterocycles. The molecule has 1 atom stereocenters. The van der Waals surface area contributed by atoms with Gasteiger partial charge in [-0.1, -0.05) is 17.7 Å². The normalized spacial score (nSPS) is 19.2. The Morgan fingerprint density at radius 2 is 2.26 bits per heavy atom. The topological polar surface area (TPSA) is 83.7 Å². The number of nitrogens with zero attached hydrogens (tertiary/aromatic N) is 2. The van der Waals surface area contributed by atoms with E-state index in [9.17, 15) is 14.9 Å². The number of anilines is 1. The van der Waals surface area contributed by atoms with Gasteiger partial charge in [0.15, 0.2) is 0 Å². The lowest BCUT2D eigenvalue weighted by Crippen LogP contribution is -2.39. The number of hydrogen-bond donors (Lipinski definition) is 1. The summed E-state index contributed by atoms with van der Waals surface area (Å²) >= 11 is 6.04. The number of halogens is 1. The van der Waals surface area contributed by atoms with Gasteiger partial charge in [-0.25, -0.2) is 0 Å². The van der Waals surface area contributed by atoms with Crippen LogP contribution in [0.25, 0.3) is 0 Å². The van der Waals surface area contributed by atoms with E-state index in [1.54, 1.807) is 11.0 Å². The maximum Gasteiger partial charge on any atom is 0.308 e. The number of hydrogen-bond acceptors (Lipinski definition) is 4. The van der Waals surface area contributed by atoms with E-state index in [2.05, 4.69) is 0 Å². The second-order valence-corrected chi connectivity index (χ2v) is 4.90. The van der Waals surface area contributed by atoms with Crippen LogP contribution in [0.2, 0.25) is 5.02 Å². The Morgan fingerprint density at radius 3 is 2.89 bits per heavy atom. The summed E-state index contributed by atoms with van der Waals surface area (Å²) in [7, 11) is 0. The molecule has 0 bridgehead atoms. The molecule has 1 aliphatic rings. The van der Waals surface area contributed by atoms with Crippen molar-refractivity contribution in [2.75, 3.05) is 18.0 Å². The predicted molar refractivity (Wildman–Crippen MR) is 70.7 cm³/mol. The van der Waals surface area contributed by atoms with Gasteiger partial charge in [0, 0.05) is 19.2 Å². The van der Waals surface area contributed by atoms with Gasteiger partial charge in [0.2, 0.25) is 0 Å². The fraction of sp³-hybridized carbons (Fsp3) is 0.417. The number of carboxylic acid groups (broad SMARTS) is 1. The molecule has 0 amide bonds. The molecule has 7 heteroatoms. The summed E-state index contributed by atoms with van der Waals surface area (Å²) < 4.78 is 0. The molecule has 1 aliphatic heterocycles. The maximum absolute atomic E-state index is 11.0. The lowest BCUT2D eigenvalue weighted by atomic mass is 9.97. The highest BCUT2D eigenvalue weighted by molar-refractivity contribution is 6.33. The summed E-state index contributed by atoms with van der Waals surface area (Å²) in [5, 5.41) is 20.4. The van der Waals surface area contributed by atoms with Gasteiger partial charge < -0.3 is 10.0 Å². The van der Waals surface area contributed by atoms with Gasteiger partial charge in [0.05, 0.1) is 15.9 Å². The number of aliphatic carboxylic acids is 1. The Balaban J connectivity index is 2.35. The SMILES string of the molecule is O=C(O)C1CCCN(c2c(Cl)cccc2[N+](=O)[O-])C1. The van der Waals surface area contributed by atoms with Crippen LogP contribution in [0.4, 0.5) is 11.4 Å². The smallest absolute Gasteiger partial charge is 0.308 e. The first-order valence-electron chi connectivity index (χ1n) is 5.91. The van der Waals surface area contributed by atoms with Crippen LogP contribution in [0.5, 0.6) is 0 Å². The Bertz CT molecular complexity index is 520. The Morgan fingerprint density at radius 1 is 1.53 bits per heavy atom. The number of nitro benzene ring substituents is 1. The first-order valence-corrected chi connectivity index (χ1v) is 6.29. The molecule has 1 saturated heterocycles. The van der Waals surface area contributed by atoms with Crippen molar-refractivity contribution in [2.24, 2.45) is 5.92 Å². The van der Waals surface area contributed by atoms with E-state index in [0.29, 0.717) is 25.1 Å². The van der Waals surface area contributed by atoms with Crippen molar-refractivity contribution in [3.8, 4) is 0 Å². The molecule has 1 unspecified atom stereocenters. The van der Waals surface area contributed by atoms with Gasteiger partial charge in [-0.05, 0) is 18.9 Å². The minimum atomic E-state index is -0.876. The Labute approximate surface area is 114 Å². The van der Waals surface area contributed by atoms with E-state index in [1.807, 2.05) is 0 Å². The molecule has 0 aliphatic carbocycles. The third kappa shape index (κ3) is 2.78. The van der Waals surface area contributed by atoms with Crippen LogP contribution in [0.3, 0.4) is 0 Å². The third-order valence-corrected chi connectivity index (χ3v) is 3.55. The van der Waals surface area contributed by atoms with Crippen molar-refractivity contribution in [2.45, 2.75) is 12.8 Å². The Kier molecular flexibility index (Phi) is 3.90. The molecular weight excluding hydrogens is 272 g/mol. The number of carboxylic acids is 1. The third-order valence-electron chi connectivity index (χ3n) is 3.25. The number of carbonyl (C=O) groups is 1. The van der Waals surface area contributed by atoms with E-state index < -0.39 is 16.8 Å². The van der Waals surface area contributed by atoms with E-state index >= 15 is 0 Å². The molecule has 19 heavy (non-hydrogen) atoms. The van der Waals surface area contributed by atoms with Gasteiger partial charge in [-0.2, -0.15) is 0 Å². The first kappa shape index (κ1) is 13.6. The monoisotopic (exact) mass is 284 g/mol. The zero-order valence-electron chi connectivity index (χ0n) is 10.1. The molecule has 2 rings (SSSR count).